The van der Waals surface area contributed by atoms with E-state index >= 15 is 0 Å². The summed E-state index contributed by atoms with van der Waals surface area (Å²) in [5.41, 5.74) is 4.26. The molecule has 0 saturated carbocycles. The Morgan fingerprint density at radius 1 is 1.00 bits per heavy atom. The van der Waals surface area contributed by atoms with E-state index in [9.17, 15) is 5.11 Å². The summed E-state index contributed by atoms with van der Waals surface area (Å²) in [6, 6.07) is 17.2. The SMILES string of the molecule is COc1ccc(C)cc1N[C@H](c1ccncc1)c1ccc2cccnc2c1O. The Morgan fingerprint density at radius 2 is 1.82 bits per heavy atom. The number of fused-ring (bicyclic) bond motifs is 1. The lowest BCUT2D eigenvalue weighted by Gasteiger charge is -2.23. The van der Waals surface area contributed by atoms with Crippen LogP contribution in [0.4, 0.5) is 5.69 Å². The van der Waals surface area contributed by atoms with E-state index in [4.69, 9.17) is 4.74 Å². The second kappa shape index (κ2) is 7.56. The molecule has 5 nitrogen and oxygen atoms in total. The Kier molecular flexibility index (Phi) is 4.81. The van der Waals surface area contributed by atoms with Crippen LogP contribution in [0.3, 0.4) is 0 Å². The van der Waals surface area contributed by atoms with Crippen LogP contribution in [0.2, 0.25) is 0 Å². The molecule has 0 radical (unpaired) electrons. The highest BCUT2D eigenvalue weighted by atomic mass is 16.5. The summed E-state index contributed by atoms with van der Waals surface area (Å²) >= 11 is 0. The number of benzene rings is 2. The normalized spacial score (nSPS) is 11.9. The van der Waals surface area contributed by atoms with Crippen LogP contribution in [0.25, 0.3) is 10.9 Å². The van der Waals surface area contributed by atoms with Gasteiger partial charge in [0, 0.05) is 29.5 Å². The number of phenolic OH excluding ortho intramolecular Hbond substituents is 1. The Hall–Kier alpha value is -3.60. The number of aryl methyl sites for hydroxylation is 1. The number of pyridine rings is 2. The van der Waals surface area contributed by atoms with Crippen molar-refractivity contribution in [3.8, 4) is 11.5 Å². The number of ether oxygens (including phenoxy) is 1. The van der Waals surface area contributed by atoms with Crippen LogP contribution in [-0.2, 0) is 0 Å². The smallest absolute Gasteiger partial charge is 0.147 e. The number of aromatic hydroxyl groups is 1. The summed E-state index contributed by atoms with van der Waals surface area (Å²) in [6.45, 7) is 2.03. The molecule has 0 saturated heterocycles. The summed E-state index contributed by atoms with van der Waals surface area (Å²) in [5.74, 6) is 0.905. The van der Waals surface area contributed by atoms with Crippen molar-refractivity contribution in [3.63, 3.8) is 0 Å². The van der Waals surface area contributed by atoms with Gasteiger partial charge < -0.3 is 15.2 Å². The van der Waals surface area contributed by atoms with E-state index in [1.165, 1.54) is 0 Å². The zero-order valence-electron chi connectivity index (χ0n) is 15.8. The minimum Gasteiger partial charge on any atom is -0.505 e. The molecule has 0 bridgehead atoms. The molecule has 0 aliphatic rings. The Morgan fingerprint density at radius 3 is 2.61 bits per heavy atom. The number of aromatic nitrogens is 2. The molecule has 4 rings (SSSR count). The van der Waals surface area contributed by atoms with Crippen molar-refractivity contribution in [2.24, 2.45) is 0 Å². The number of nitrogens with zero attached hydrogens (tertiary/aromatic N) is 2. The highest BCUT2D eigenvalue weighted by Crippen LogP contribution is 2.38. The molecular formula is C23H21N3O2. The summed E-state index contributed by atoms with van der Waals surface area (Å²) in [6.07, 6.45) is 5.17. The zero-order chi connectivity index (χ0) is 19.5. The first kappa shape index (κ1) is 17.8. The maximum Gasteiger partial charge on any atom is 0.147 e. The van der Waals surface area contributed by atoms with Gasteiger partial charge in [0.25, 0.3) is 0 Å². The van der Waals surface area contributed by atoms with Crippen LogP contribution in [0, 0.1) is 6.92 Å². The molecule has 0 aliphatic carbocycles. The van der Waals surface area contributed by atoms with Gasteiger partial charge in [-0.05, 0) is 48.4 Å². The fourth-order valence-corrected chi connectivity index (χ4v) is 3.36. The molecule has 2 aromatic carbocycles. The van der Waals surface area contributed by atoms with Crippen LogP contribution in [0.1, 0.15) is 22.7 Å². The van der Waals surface area contributed by atoms with Gasteiger partial charge >= 0.3 is 0 Å². The van der Waals surface area contributed by atoms with Gasteiger partial charge in [-0.1, -0.05) is 24.3 Å². The third kappa shape index (κ3) is 3.34. The maximum absolute atomic E-state index is 11.0. The van der Waals surface area contributed by atoms with Crippen LogP contribution in [0.5, 0.6) is 11.5 Å². The molecule has 28 heavy (non-hydrogen) atoms. The first-order valence-corrected chi connectivity index (χ1v) is 9.05. The maximum atomic E-state index is 11.0. The standard InChI is InChI=1S/C23H21N3O2/c1-15-5-8-20(28-2)19(14-15)26-21(17-9-12-24-13-10-17)18-7-6-16-4-3-11-25-22(16)23(18)27/h3-14,21,26-27H,1-2H3/t21-/m1/s1. The van der Waals surface area contributed by atoms with Gasteiger partial charge in [-0.25, -0.2) is 0 Å². The molecule has 0 spiro atoms. The average molecular weight is 371 g/mol. The number of nitrogens with one attached hydrogen (secondary N) is 1. The van der Waals surface area contributed by atoms with E-state index < -0.39 is 0 Å². The van der Waals surface area contributed by atoms with Crippen LogP contribution in [0.15, 0.2) is 73.2 Å². The van der Waals surface area contributed by atoms with E-state index in [2.05, 4.69) is 15.3 Å². The van der Waals surface area contributed by atoms with Crippen molar-refractivity contribution in [1.29, 1.82) is 0 Å². The molecule has 0 aliphatic heterocycles. The van der Waals surface area contributed by atoms with Gasteiger partial charge in [0.1, 0.15) is 17.0 Å². The lowest BCUT2D eigenvalue weighted by molar-refractivity contribution is 0.416. The van der Waals surface area contributed by atoms with Gasteiger partial charge in [-0.2, -0.15) is 0 Å². The number of hydrogen-bond acceptors (Lipinski definition) is 5. The van der Waals surface area contributed by atoms with Gasteiger partial charge in [0.05, 0.1) is 18.8 Å². The number of hydrogen-bond donors (Lipinski definition) is 2. The second-order valence-corrected chi connectivity index (χ2v) is 6.64. The molecule has 5 heteroatoms. The monoisotopic (exact) mass is 371 g/mol. The highest BCUT2D eigenvalue weighted by molar-refractivity contribution is 5.86. The van der Waals surface area contributed by atoms with Gasteiger partial charge in [-0.3, -0.25) is 9.97 Å². The number of methoxy groups -OCH3 is 1. The summed E-state index contributed by atoms with van der Waals surface area (Å²) in [4.78, 5) is 8.48. The molecule has 0 fully saturated rings. The van der Waals surface area contributed by atoms with Gasteiger partial charge in [0.2, 0.25) is 0 Å². The Bertz CT molecular complexity index is 1110. The van der Waals surface area contributed by atoms with Crippen molar-refractivity contribution in [1.82, 2.24) is 9.97 Å². The topological polar surface area (TPSA) is 67.3 Å². The van der Waals surface area contributed by atoms with Crippen molar-refractivity contribution < 1.29 is 9.84 Å². The van der Waals surface area contributed by atoms with E-state index in [1.54, 1.807) is 25.7 Å². The number of anilines is 1. The van der Waals surface area contributed by atoms with Crippen LogP contribution in [-0.4, -0.2) is 22.2 Å². The average Bonchev–Trinajstić information content (AvgIpc) is 2.74. The molecule has 2 heterocycles. The fourth-order valence-electron chi connectivity index (χ4n) is 3.36. The van der Waals surface area contributed by atoms with E-state index in [0.29, 0.717) is 5.52 Å². The fraction of sp³-hybridized carbons (Fsp3) is 0.130. The number of rotatable bonds is 5. The first-order chi connectivity index (χ1) is 13.7. The molecule has 1 atom stereocenters. The van der Waals surface area contributed by atoms with Crippen LogP contribution < -0.4 is 10.1 Å². The summed E-state index contributed by atoms with van der Waals surface area (Å²) in [5, 5.41) is 15.4. The summed E-state index contributed by atoms with van der Waals surface area (Å²) in [7, 11) is 1.65. The van der Waals surface area contributed by atoms with Crippen molar-refractivity contribution in [3.05, 3.63) is 89.9 Å². The minimum absolute atomic E-state index is 0.166. The van der Waals surface area contributed by atoms with E-state index in [0.717, 1.165) is 33.5 Å². The zero-order valence-corrected chi connectivity index (χ0v) is 15.8. The lowest BCUT2D eigenvalue weighted by Crippen LogP contribution is -2.13. The Balaban J connectivity index is 1.86. The van der Waals surface area contributed by atoms with E-state index in [1.807, 2.05) is 61.5 Å². The third-order valence-corrected chi connectivity index (χ3v) is 4.78. The van der Waals surface area contributed by atoms with Crippen molar-refractivity contribution >= 4 is 16.6 Å². The predicted octanol–water partition coefficient (Wildman–Crippen LogP) is 4.85. The van der Waals surface area contributed by atoms with Gasteiger partial charge in [-0.15, -0.1) is 0 Å². The molecular weight excluding hydrogens is 350 g/mol. The van der Waals surface area contributed by atoms with Crippen LogP contribution >= 0.6 is 0 Å². The van der Waals surface area contributed by atoms with Crippen molar-refractivity contribution in [2.75, 3.05) is 12.4 Å². The third-order valence-electron chi connectivity index (χ3n) is 4.78. The lowest BCUT2D eigenvalue weighted by atomic mass is 9.96. The largest absolute Gasteiger partial charge is 0.505 e. The quantitative estimate of drug-likeness (QED) is 0.525. The van der Waals surface area contributed by atoms with E-state index in [-0.39, 0.29) is 11.8 Å². The minimum atomic E-state index is -0.301. The number of phenols is 1. The highest BCUT2D eigenvalue weighted by Gasteiger charge is 2.21. The molecule has 4 aromatic rings. The molecule has 2 aromatic heterocycles. The van der Waals surface area contributed by atoms with Gasteiger partial charge in [0.15, 0.2) is 0 Å². The predicted molar refractivity (Wildman–Crippen MR) is 111 cm³/mol. The molecule has 0 unspecified atom stereocenters. The first-order valence-electron chi connectivity index (χ1n) is 9.05. The Labute approximate surface area is 163 Å². The molecule has 140 valence electrons. The second-order valence-electron chi connectivity index (χ2n) is 6.64. The molecule has 0 amide bonds. The van der Waals surface area contributed by atoms with Crippen molar-refractivity contribution in [2.45, 2.75) is 13.0 Å². The molecule has 2 N–H and O–H groups in total. The summed E-state index contributed by atoms with van der Waals surface area (Å²) < 4.78 is 5.52.